The van der Waals surface area contributed by atoms with Crippen molar-refractivity contribution in [2.45, 2.75) is 18.9 Å². The minimum atomic E-state index is -1.02. The molecule has 1 amide bonds. The molecule has 5 nitrogen and oxygen atoms in total. The number of methoxy groups -OCH3 is 1. The SMILES string of the molecule is COc1ccc(CCC(NC=O)C(=O)O)cc1. The van der Waals surface area contributed by atoms with Crippen LogP contribution in [0.2, 0.25) is 0 Å². The van der Waals surface area contributed by atoms with Crippen molar-refractivity contribution in [3.8, 4) is 5.75 Å². The summed E-state index contributed by atoms with van der Waals surface area (Å²) in [6.07, 6.45) is 1.36. The van der Waals surface area contributed by atoms with Gasteiger partial charge in [0.2, 0.25) is 6.41 Å². The summed E-state index contributed by atoms with van der Waals surface area (Å²) in [4.78, 5) is 21.0. The van der Waals surface area contributed by atoms with Crippen LogP contribution in [0, 0.1) is 0 Å². The van der Waals surface area contributed by atoms with Crippen LogP contribution in [0.3, 0.4) is 0 Å². The van der Waals surface area contributed by atoms with Gasteiger partial charge >= 0.3 is 5.97 Å². The summed E-state index contributed by atoms with van der Waals surface area (Å²) in [5.41, 5.74) is 1.00. The second-order valence-corrected chi connectivity index (χ2v) is 3.56. The predicted octanol–water partition coefficient (Wildman–Crippen LogP) is 0.827. The molecular formula is C12H15NO4. The highest BCUT2D eigenvalue weighted by Crippen LogP contribution is 2.13. The number of aliphatic carboxylic acids is 1. The first-order valence-corrected chi connectivity index (χ1v) is 5.22. The van der Waals surface area contributed by atoms with E-state index in [1.165, 1.54) is 0 Å². The van der Waals surface area contributed by atoms with Gasteiger partial charge in [0.15, 0.2) is 0 Å². The third-order valence-corrected chi connectivity index (χ3v) is 2.45. The highest BCUT2D eigenvalue weighted by molar-refractivity contribution is 5.76. The normalized spacial score (nSPS) is 11.6. The Morgan fingerprint density at radius 1 is 1.47 bits per heavy atom. The third-order valence-electron chi connectivity index (χ3n) is 2.45. The smallest absolute Gasteiger partial charge is 0.326 e. The number of nitrogens with one attached hydrogen (secondary N) is 1. The molecule has 0 fully saturated rings. The highest BCUT2D eigenvalue weighted by Gasteiger charge is 2.15. The van der Waals surface area contributed by atoms with E-state index in [1.54, 1.807) is 7.11 Å². The molecule has 17 heavy (non-hydrogen) atoms. The minimum absolute atomic E-state index is 0.362. The van der Waals surface area contributed by atoms with Gasteiger partial charge in [-0.25, -0.2) is 4.79 Å². The molecule has 1 aromatic carbocycles. The molecule has 0 heterocycles. The second kappa shape index (κ2) is 6.52. The van der Waals surface area contributed by atoms with E-state index >= 15 is 0 Å². The number of carboxylic acids is 1. The van der Waals surface area contributed by atoms with Crippen LogP contribution in [0.4, 0.5) is 0 Å². The van der Waals surface area contributed by atoms with Crippen LogP contribution in [0.5, 0.6) is 5.75 Å². The van der Waals surface area contributed by atoms with Crippen molar-refractivity contribution < 1.29 is 19.4 Å². The van der Waals surface area contributed by atoms with Crippen molar-refractivity contribution in [1.29, 1.82) is 0 Å². The summed E-state index contributed by atoms with van der Waals surface area (Å²) in [5, 5.41) is 11.1. The lowest BCUT2D eigenvalue weighted by molar-refractivity contribution is -0.140. The standard InChI is InChI=1S/C12H15NO4/c1-17-10-5-2-9(3-6-10)4-7-11(12(15)16)13-8-14/h2-3,5-6,8,11H,4,7H2,1H3,(H,13,14)(H,15,16). The van der Waals surface area contributed by atoms with Gasteiger partial charge in [-0.2, -0.15) is 0 Å². The van der Waals surface area contributed by atoms with E-state index < -0.39 is 12.0 Å². The molecule has 0 saturated heterocycles. The molecule has 2 N–H and O–H groups in total. The van der Waals surface area contributed by atoms with Crippen LogP contribution in [0.1, 0.15) is 12.0 Å². The van der Waals surface area contributed by atoms with Crippen molar-refractivity contribution in [3.05, 3.63) is 29.8 Å². The van der Waals surface area contributed by atoms with Crippen LogP contribution in [0.15, 0.2) is 24.3 Å². The number of aryl methyl sites for hydroxylation is 1. The number of hydrogen-bond donors (Lipinski definition) is 2. The van der Waals surface area contributed by atoms with E-state index in [4.69, 9.17) is 9.84 Å². The molecule has 0 aliphatic heterocycles. The van der Waals surface area contributed by atoms with E-state index in [0.29, 0.717) is 19.3 Å². The lowest BCUT2D eigenvalue weighted by Gasteiger charge is -2.10. The maximum absolute atomic E-state index is 10.8. The molecule has 0 radical (unpaired) electrons. The molecule has 0 aromatic heterocycles. The fourth-order valence-corrected chi connectivity index (χ4v) is 1.46. The summed E-state index contributed by atoms with van der Waals surface area (Å²) in [7, 11) is 1.59. The minimum Gasteiger partial charge on any atom is -0.497 e. The monoisotopic (exact) mass is 237 g/mol. The fourth-order valence-electron chi connectivity index (χ4n) is 1.46. The first-order chi connectivity index (χ1) is 8.17. The Bertz CT molecular complexity index is 375. The third kappa shape index (κ3) is 4.14. The molecule has 0 aliphatic carbocycles. The first-order valence-electron chi connectivity index (χ1n) is 5.22. The lowest BCUT2D eigenvalue weighted by Crippen LogP contribution is -2.36. The van der Waals surface area contributed by atoms with Crippen LogP contribution in [0.25, 0.3) is 0 Å². The van der Waals surface area contributed by atoms with Gasteiger partial charge in [0.05, 0.1) is 7.11 Å². The number of carbonyl (C=O) groups is 2. The van der Waals surface area contributed by atoms with Crippen molar-refractivity contribution in [3.63, 3.8) is 0 Å². The zero-order valence-electron chi connectivity index (χ0n) is 9.55. The molecule has 0 aliphatic rings. The van der Waals surface area contributed by atoms with E-state index in [9.17, 15) is 9.59 Å². The summed E-state index contributed by atoms with van der Waals surface area (Å²) in [5.74, 6) is -0.264. The number of ether oxygens (including phenoxy) is 1. The molecule has 0 saturated carbocycles. The van der Waals surface area contributed by atoms with Crippen LogP contribution in [-0.4, -0.2) is 30.6 Å². The van der Waals surface area contributed by atoms with Gasteiger partial charge in [-0.3, -0.25) is 4.79 Å². The molecule has 1 atom stereocenters. The molecular weight excluding hydrogens is 222 g/mol. The number of rotatable bonds is 7. The zero-order chi connectivity index (χ0) is 12.7. The number of carboxylic acid groups (broad SMARTS) is 1. The largest absolute Gasteiger partial charge is 0.497 e. The van der Waals surface area contributed by atoms with Crippen molar-refractivity contribution >= 4 is 12.4 Å². The van der Waals surface area contributed by atoms with E-state index in [2.05, 4.69) is 5.32 Å². The summed E-state index contributed by atoms with van der Waals surface area (Å²) < 4.78 is 5.02. The number of benzene rings is 1. The molecule has 92 valence electrons. The van der Waals surface area contributed by atoms with E-state index in [0.717, 1.165) is 11.3 Å². The zero-order valence-corrected chi connectivity index (χ0v) is 9.55. The lowest BCUT2D eigenvalue weighted by atomic mass is 10.1. The van der Waals surface area contributed by atoms with Crippen molar-refractivity contribution in [2.75, 3.05) is 7.11 Å². The van der Waals surface area contributed by atoms with Crippen molar-refractivity contribution in [1.82, 2.24) is 5.32 Å². The van der Waals surface area contributed by atoms with Crippen molar-refractivity contribution in [2.24, 2.45) is 0 Å². The highest BCUT2D eigenvalue weighted by atomic mass is 16.5. The van der Waals surface area contributed by atoms with Crippen LogP contribution >= 0.6 is 0 Å². The maximum atomic E-state index is 10.8. The van der Waals surface area contributed by atoms with Gasteiger partial charge in [0.25, 0.3) is 0 Å². The first kappa shape index (κ1) is 13.0. The predicted molar refractivity (Wildman–Crippen MR) is 61.9 cm³/mol. The fraction of sp³-hybridized carbons (Fsp3) is 0.333. The average molecular weight is 237 g/mol. The Balaban J connectivity index is 2.52. The Morgan fingerprint density at radius 3 is 2.59 bits per heavy atom. The Hall–Kier alpha value is -2.04. The van der Waals surface area contributed by atoms with Gasteiger partial charge in [-0.15, -0.1) is 0 Å². The molecule has 1 aromatic rings. The topological polar surface area (TPSA) is 75.6 Å². The van der Waals surface area contributed by atoms with E-state index in [1.807, 2.05) is 24.3 Å². The van der Waals surface area contributed by atoms with E-state index in [-0.39, 0.29) is 0 Å². The Morgan fingerprint density at radius 2 is 2.12 bits per heavy atom. The molecule has 0 bridgehead atoms. The number of hydrogen-bond acceptors (Lipinski definition) is 3. The second-order valence-electron chi connectivity index (χ2n) is 3.56. The van der Waals surface area contributed by atoms with Crippen LogP contribution in [-0.2, 0) is 16.0 Å². The summed E-state index contributed by atoms with van der Waals surface area (Å²) in [6.45, 7) is 0. The van der Waals surface area contributed by atoms with Gasteiger partial charge in [-0.1, -0.05) is 12.1 Å². The van der Waals surface area contributed by atoms with Gasteiger partial charge in [-0.05, 0) is 30.5 Å². The van der Waals surface area contributed by atoms with Gasteiger partial charge in [0, 0.05) is 0 Å². The summed E-state index contributed by atoms with van der Waals surface area (Å²) >= 11 is 0. The van der Waals surface area contributed by atoms with Gasteiger partial charge < -0.3 is 15.2 Å². The van der Waals surface area contributed by atoms with Crippen LogP contribution < -0.4 is 10.1 Å². The average Bonchev–Trinajstić information content (AvgIpc) is 2.34. The molecule has 5 heteroatoms. The molecule has 1 rings (SSSR count). The molecule has 1 unspecified atom stereocenters. The number of amides is 1. The quantitative estimate of drug-likeness (QED) is 0.689. The maximum Gasteiger partial charge on any atom is 0.326 e. The Labute approximate surface area is 99.4 Å². The summed E-state index contributed by atoms with van der Waals surface area (Å²) in [6, 6.07) is 6.54. The molecule has 0 spiro atoms. The van der Waals surface area contributed by atoms with Gasteiger partial charge in [0.1, 0.15) is 11.8 Å². The Kier molecular flexibility index (Phi) is 5.00. The number of carbonyl (C=O) groups excluding carboxylic acids is 1.